The lowest BCUT2D eigenvalue weighted by Gasteiger charge is -2.18. The van der Waals surface area contributed by atoms with E-state index in [9.17, 15) is 17.6 Å². The predicted octanol–water partition coefficient (Wildman–Crippen LogP) is 2.52. The summed E-state index contributed by atoms with van der Waals surface area (Å²) in [7, 11) is -3.07. The van der Waals surface area contributed by atoms with Crippen molar-refractivity contribution in [1.29, 1.82) is 0 Å². The molecule has 0 bridgehead atoms. The van der Waals surface area contributed by atoms with Crippen LogP contribution in [0.25, 0.3) is 0 Å². The third-order valence-corrected chi connectivity index (χ3v) is 7.85. The summed E-state index contributed by atoms with van der Waals surface area (Å²) in [6.07, 6.45) is 2.98. The Morgan fingerprint density at radius 2 is 2.08 bits per heavy atom. The minimum Gasteiger partial charge on any atom is -0.292 e. The second kappa shape index (κ2) is 6.81. The number of thioether (sulfide) groups is 1. The van der Waals surface area contributed by atoms with Gasteiger partial charge in [0.25, 0.3) is 0 Å². The van der Waals surface area contributed by atoms with Crippen molar-refractivity contribution < 1.29 is 12.8 Å². The van der Waals surface area contributed by atoms with E-state index in [1.165, 1.54) is 17.8 Å². The lowest BCUT2D eigenvalue weighted by atomic mass is 10.2. The van der Waals surface area contributed by atoms with E-state index >= 15 is 0 Å². The van der Waals surface area contributed by atoms with Crippen LogP contribution in [-0.4, -0.2) is 29.5 Å². The summed E-state index contributed by atoms with van der Waals surface area (Å²) >= 11 is 1.38. The number of benzene rings is 1. The van der Waals surface area contributed by atoms with Crippen LogP contribution < -0.4 is 5.69 Å². The van der Waals surface area contributed by atoms with Crippen LogP contribution >= 0.6 is 11.8 Å². The zero-order chi connectivity index (χ0) is 18.3. The molecule has 2 aromatic rings. The topological polar surface area (TPSA) is 69.0 Å². The van der Waals surface area contributed by atoms with Gasteiger partial charge in [-0.2, -0.15) is 4.98 Å². The quantitative estimate of drug-likeness (QED) is 0.589. The summed E-state index contributed by atoms with van der Waals surface area (Å²) < 4.78 is 39.1. The van der Waals surface area contributed by atoms with Gasteiger partial charge in [0.05, 0.1) is 17.5 Å². The van der Waals surface area contributed by atoms with Gasteiger partial charge in [-0.1, -0.05) is 18.2 Å². The van der Waals surface area contributed by atoms with E-state index in [2.05, 4.69) is 4.98 Å². The van der Waals surface area contributed by atoms with Crippen molar-refractivity contribution in [2.24, 2.45) is 0 Å². The maximum atomic E-state index is 13.8. The van der Waals surface area contributed by atoms with Crippen LogP contribution in [0.5, 0.6) is 0 Å². The Bertz CT molecular complexity index is 1020. The first kappa shape index (κ1) is 17.7. The molecule has 1 saturated heterocycles. The molecule has 5 nitrogen and oxygen atoms in total. The fourth-order valence-electron chi connectivity index (χ4n) is 3.78. The molecule has 2 aliphatic rings. The van der Waals surface area contributed by atoms with E-state index < -0.39 is 9.84 Å². The van der Waals surface area contributed by atoms with Gasteiger partial charge in [-0.15, -0.1) is 11.8 Å². The second-order valence-electron chi connectivity index (χ2n) is 6.79. The number of hydrogen-bond acceptors (Lipinski definition) is 5. The lowest BCUT2D eigenvalue weighted by molar-refractivity contribution is 0.502. The van der Waals surface area contributed by atoms with Crippen molar-refractivity contribution in [3.63, 3.8) is 0 Å². The van der Waals surface area contributed by atoms with Gasteiger partial charge in [-0.25, -0.2) is 17.6 Å². The first-order valence-electron chi connectivity index (χ1n) is 8.65. The molecular weight excluding hydrogens is 375 g/mol. The molecule has 26 heavy (non-hydrogen) atoms. The van der Waals surface area contributed by atoms with E-state index in [4.69, 9.17) is 0 Å². The van der Waals surface area contributed by atoms with Crippen LogP contribution in [0.15, 0.2) is 34.1 Å². The van der Waals surface area contributed by atoms with Gasteiger partial charge in [0.2, 0.25) is 0 Å². The first-order valence-corrected chi connectivity index (χ1v) is 11.5. The highest BCUT2D eigenvalue weighted by atomic mass is 32.2. The predicted molar refractivity (Wildman–Crippen MR) is 98.8 cm³/mol. The summed E-state index contributed by atoms with van der Waals surface area (Å²) in [4.78, 5) is 16.9. The van der Waals surface area contributed by atoms with Crippen LogP contribution in [0.4, 0.5) is 4.39 Å². The Hall–Kier alpha value is -1.67. The summed E-state index contributed by atoms with van der Waals surface area (Å²) in [6, 6.07) is 6.28. The van der Waals surface area contributed by atoms with E-state index in [0.717, 1.165) is 30.5 Å². The minimum atomic E-state index is -3.07. The SMILES string of the molecule is O=c1nc(SCc2ccccc2F)c2c(n1[C@@H]1CCS(=O)(=O)C1)CCC2. The zero-order valence-electron chi connectivity index (χ0n) is 14.2. The normalized spacial score (nSPS) is 21.0. The highest BCUT2D eigenvalue weighted by molar-refractivity contribution is 7.98. The molecule has 1 aliphatic carbocycles. The Morgan fingerprint density at radius 3 is 2.81 bits per heavy atom. The Morgan fingerprint density at radius 1 is 1.27 bits per heavy atom. The van der Waals surface area contributed by atoms with Crippen LogP contribution in [0, 0.1) is 5.82 Å². The monoisotopic (exact) mass is 394 g/mol. The molecule has 8 heteroatoms. The van der Waals surface area contributed by atoms with Crippen molar-refractivity contribution in [3.05, 3.63) is 57.4 Å². The van der Waals surface area contributed by atoms with Gasteiger partial charge in [0, 0.05) is 17.0 Å². The fourth-order valence-corrected chi connectivity index (χ4v) is 6.55. The number of halogens is 1. The van der Waals surface area contributed by atoms with Gasteiger partial charge in [0.1, 0.15) is 10.8 Å². The van der Waals surface area contributed by atoms with Crippen molar-refractivity contribution in [3.8, 4) is 0 Å². The van der Waals surface area contributed by atoms with Crippen molar-refractivity contribution >= 4 is 21.6 Å². The highest BCUT2D eigenvalue weighted by Gasteiger charge is 2.33. The zero-order valence-corrected chi connectivity index (χ0v) is 15.8. The molecule has 0 spiro atoms. The molecular formula is C18H19FN2O3S2. The van der Waals surface area contributed by atoms with Gasteiger partial charge in [-0.05, 0) is 37.3 Å². The number of sulfone groups is 1. The van der Waals surface area contributed by atoms with Gasteiger partial charge >= 0.3 is 5.69 Å². The Labute approximate surface area is 155 Å². The molecule has 0 N–H and O–H groups in total. The molecule has 4 rings (SSSR count). The van der Waals surface area contributed by atoms with E-state index in [1.807, 2.05) is 0 Å². The summed E-state index contributed by atoms with van der Waals surface area (Å²) in [6.45, 7) is 0. The number of hydrogen-bond donors (Lipinski definition) is 0. The number of fused-ring (bicyclic) bond motifs is 1. The smallest absolute Gasteiger partial charge is 0.292 e. The average Bonchev–Trinajstić information content (AvgIpc) is 3.20. The third-order valence-electron chi connectivity index (χ3n) is 5.04. The largest absolute Gasteiger partial charge is 0.349 e. The molecule has 1 aliphatic heterocycles. The molecule has 1 aromatic carbocycles. The summed E-state index contributed by atoms with van der Waals surface area (Å²) in [5.74, 6) is 0.292. The third kappa shape index (κ3) is 3.32. The standard InChI is InChI=1S/C18H19FN2O3S2/c19-15-6-2-1-4-12(15)10-25-17-14-5-3-7-16(14)21(18(22)20-17)13-8-9-26(23,24)11-13/h1-2,4,6,13H,3,5,7-11H2/t13-/m1/s1. The van der Waals surface area contributed by atoms with Gasteiger partial charge < -0.3 is 0 Å². The highest BCUT2D eigenvalue weighted by Crippen LogP contribution is 2.34. The summed E-state index contributed by atoms with van der Waals surface area (Å²) in [5.41, 5.74) is 2.14. The Kier molecular flexibility index (Phi) is 4.64. The number of rotatable bonds is 4. The maximum Gasteiger partial charge on any atom is 0.349 e. The minimum absolute atomic E-state index is 0.0166. The van der Waals surface area contributed by atoms with Crippen LogP contribution in [0.3, 0.4) is 0 Å². The second-order valence-corrected chi connectivity index (χ2v) is 9.98. The number of nitrogens with zero attached hydrogens (tertiary/aromatic N) is 2. The van der Waals surface area contributed by atoms with Crippen molar-refractivity contribution in [1.82, 2.24) is 9.55 Å². The van der Waals surface area contributed by atoms with Crippen molar-refractivity contribution in [2.75, 3.05) is 11.5 Å². The fraction of sp³-hybridized carbons (Fsp3) is 0.444. The van der Waals surface area contributed by atoms with E-state index in [-0.39, 0.29) is 29.1 Å². The molecule has 0 saturated carbocycles. The molecule has 0 unspecified atom stereocenters. The molecule has 2 heterocycles. The molecule has 1 fully saturated rings. The van der Waals surface area contributed by atoms with Gasteiger partial charge in [-0.3, -0.25) is 4.57 Å². The summed E-state index contributed by atoms with van der Waals surface area (Å²) in [5, 5.41) is 0.655. The lowest BCUT2D eigenvalue weighted by Crippen LogP contribution is -2.31. The van der Waals surface area contributed by atoms with E-state index in [1.54, 1.807) is 22.8 Å². The maximum absolute atomic E-state index is 13.8. The molecule has 138 valence electrons. The van der Waals surface area contributed by atoms with Crippen LogP contribution in [-0.2, 0) is 28.4 Å². The van der Waals surface area contributed by atoms with Crippen molar-refractivity contribution in [2.45, 2.75) is 42.5 Å². The van der Waals surface area contributed by atoms with Gasteiger partial charge in [0.15, 0.2) is 9.84 Å². The molecule has 0 radical (unpaired) electrons. The average molecular weight is 394 g/mol. The van der Waals surface area contributed by atoms with E-state index in [0.29, 0.717) is 22.8 Å². The van der Waals surface area contributed by atoms with Crippen LogP contribution in [0.2, 0.25) is 0 Å². The van der Waals surface area contributed by atoms with Crippen LogP contribution in [0.1, 0.15) is 35.7 Å². The Balaban J connectivity index is 1.66. The first-order chi connectivity index (χ1) is 12.4. The number of aromatic nitrogens is 2. The molecule has 1 atom stereocenters. The molecule has 0 amide bonds. The molecule has 1 aromatic heterocycles.